The van der Waals surface area contributed by atoms with Crippen molar-refractivity contribution in [3.05, 3.63) is 48.4 Å². The zero-order valence-corrected chi connectivity index (χ0v) is 17.1. The number of fused-ring (bicyclic) bond motifs is 1. The van der Waals surface area contributed by atoms with Gasteiger partial charge in [0.05, 0.1) is 24.9 Å². The summed E-state index contributed by atoms with van der Waals surface area (Å²) < 4.78 is 5.41. The van der Waals surface area contributed by atoms with Gasteiger partial charge in [-0.25, -0.2) is 4.98 Å². The van der Waals surface area contributed by atoms with Gasteiger partial charge in [0.25, 0.3) is 0 Å². The van der Waals surface area contributed by atoms with Crippen LogP contribution in [0.1, 0.15) is 5.76 Å². The Morgan fingerprint density at radius 3 is 2.50 bits per heavy atom. The first-order valence-electron chi connectivity index (χ1n) is 8.95. The average molecular weight is 426 g/mol. The lowest BCUT2D eigenvalue weighted by atomic mass is 10.2. The number of β-amino-alcohol motifs (C(OH)–C–C–N with tert-alkyl or cyclic N) is 1. The highest BCUT2D eigenvalue weighted by atomic mass is 35.5. The van der Waals surface area contributed by atoms with Crippen LogP contribution >= 0.6 is 24.8 Å². The van der Waals surface area contributed by atoms with E-state index in [0.29, 0.717) is 6.54 Å². The number of aliphatic hydroxyl groups excluding tert-OH is 1. The second-order valence-electron chi connectivity index (χ2n) is 6.37. The van der Waals surface area contributed by atoms with Gasteiger partial charge in [-0.2, -0.15) is 4.98 Å². The van der Waals surface area contributed by atoms with Crippen LogP contribution in [0.4, 0.5) is 11.8 Å². The number of halogens is 2. The number of para-hydroxylation sites is 1. The van der Waals surface area contributed by atoms with Crippen molar-refractivity contribution in [2.75, 3.05) is 49.5 Å². The van der Waals surface area contributed by atoms with Crippen molar-refractivity contribution in [3.8, 4) is 0 Å². The van der Waals surface area contributed by atoms with Gasteiger partial charge < -0.3 is 19.7 Å². The van der Waals surface area contributed by atoms with E-state index in [4.69, 9.17) is 19.5 Å². The quantitative estimate of drug-likeness (QED) is 0.628. The molecule has 7 nitrogen and oxygen atoms in total. The van der Waals surface area contributed by atoms with Gasteiger partial charge >= 0.3 is 0 Å². The number of aromatic nitrogens is 2. The minimum Gasteiger partial charge on any atom is -0.467 e. The third-order valence-electron chi connectivity index (χ3n) is 4.67. The molecule has 0 spiro atoms. The van der Waals surface area contributed by atoms with Gasteiger partial charge in [-0.1, -0.05) is 12.1 Å². The predicted octanol–water partition coefficient (Wildman–Crippen LogP) is 2.79. The summed E-state index contributed by atoms with van der Waals surface area (Å²) in [5.74, 6) is 2.43. The topological polar surface area (TPSA) is 77.7 Å². The summed E-state index contributed by atoms with van der Waals surface area (Å²) in [5, 5.41) is 13.5. The number of nitrogens with one attached hydrogen (secondary N) is 1. The van der Waals surface area contributed by atoms with Crippen LogP contribution in [-0.4, -0.2) is 59.3 Å². The van der Waals surface area contributed by atoms with Crippen LogP contribution in [0.2, 0.25) is 0 Å². The molecule has 2 N–H and O–H groups in total. The Labute approximate surface area is 176 Å². The minimum atomic E-state index is 0. The third-order valence-corrected chi connectivity index (χ3v) is 4.67. The Bertz CT molecular complexity index is 855. The first-order chi connectivity index (χ1) is 12.8. The van der Waals surface area contributed by atoms with Crippen LogP contribution < -0.4 is 10.2 Å². The highest BCUT2D eigenvalue weighted by molar-refractivity contribution is 5.90. The maximum absolute atomic E-state index is 9.10. The van der Waals surface area contributed by atoms with Gasteiger partial charge in [0.2, 0.25) is 5.95 Å². The van der Waals surface area contributed by atoms with E-state index in [1.165, 1.54) is 0 Å². The molecule has 1 aliphatic heterocycles. The summed E-state index contributed by atoms with van der Waals surface area (Å²) in [4.78, 5) is 14.0. The molecule has 152 valence electrons. The molecule has 0 atom stereocenters. The Kier molecular flexibility index (Phi) is 8.32. The van der Waals surface area contributed by atoms with E-state index in [1.54, 1.807) is 6.26 Å². The first-order valence-corrected chi connectivity index (χ1v) is 8.95. The number of nitrogens with zero attached hydrogens (tertiary/aromatic N) is 4. The zero-order valence-electron chi connectivity index (χ0n) is 15.5. The largest absolute Gasteiger partial charge is 0.467 e. The van der Waals surface area contributed by atoms with E-state index in [-0.39, 0.29) is 31.4 Å². The second kappa shape index (κ2) is 10.5. The van der Waals surface area contributed by atoms with Crippen LogP contribution in [-0.2, 0) is 6.54 Å². The van der Waals surface area contributed by atoms with Crippen molar-refractivity contribution < 1.29 is 9.52 Å². The molecule has 28 heavy (non-hydrogen) atoms. The van der Waals surface area contributed by atoms with Crippen molar-refractivity contribution in [3.63, 3.8) is 0 Å². The van der Waals surface area contributed by atoms with Gasteiger partial charge in [0.1, 0.15) is 11.6 Å². The second-order valence-corrected chi connectivity index (χ2v) is 6.37. The molecular formula is C19H25Cl2N5O2. The van der Waals surface area contributed by atoms with E-state index in [0.717, 1.165) is 61.2 Å². The highest BCUT2D eigenvalue weighted by Crippen LogP contribution is 2.24. The highest BCUT2D eigenvalue weighted by Gasteiger charge is 2.20. The third kappa shape index (κ3) is 5.05. The summed E-state index contributed by atoms with van der Waals surface area (Å²) in [7, 11) is 0. The van der Waals surface area contributed by atoms with Gasteiger partial charge in [-0.05, 0) is 24.3 Å². The molecule has 1 saturated heterocycles. The van der Waals surface area contributed by atoms with Gasteiger partial charge in [0, 0.05) is 38.1 Å². The lowest BCUT2D eigenvalue weighted by Gasteiger charge is -2.34. The van der Waals surface area contributed by atoms with Crippen LogP contribution in [0.5, 0.6) is 0 Å². The number of aliphatic hydroxyl groups is 1. The molecular weight excluding hydrogens is 401 g/mol. The Balaban J connectivity index is 0.00000140. The summed E-state index contributed by atoms with van der Waals surface area (Å²) in [6.45, 7) is 5.04. The first kappa shape index (κ1) is 22.2. The number of benzene rings is 1. The van der Waals surface area contributed by atoms with Gasteiger partial charge in [-0.15, -0.1) is 24.8 Å². The van der Waals surface area contributed by atoms with Gasteiger partial charge in [0.15, 0.2) is 0 Å². The Hall–Kier alpha value is -2.06. The van der Waals surface area contributed by atoms with E-state index >= 15 is 0 Å². The molecule has 4 rings (SSSR count). The lowest BCUT2D eigenvalue weighted by molar-refractivity contribution is 0.188. The molecule has 3 aromatic rings. The number of rotatable bonds is 6. The summed E-state index contributed by atoms with van der Waals surface area (Å²) >= 11 is 0. The number of anilines is 2. The van der Waals surface area contributed by atoms with Crippen molar-refractivity contribution in [1.82, 2.24) is 14.9 Å². The van der Waals surface area contributed by atoms with Crippen LogP contribution in [0.3, 0.4) is 0 Å². The molecule has 0 aliphatic carbocycles. The molecule has 0 radical (unpaired) electrons. The Morgan fingerprint density at radius 1 is 1.00 bits per heavy atom. The lowest BCUT2D eigenvalue weighted by Crippen LogP contribution is -2.47. The standard InChI is InChI=1S/C19H23N5O2.2ClH/c25-12-11-23-7-9-24(10-8-23)19-21-17-6-2-1-5-16(17)18(22-19)20-14-15-4-3-13-26-15;;/h1-6,13,25H,7-12,14H2,(H,20,21,22);2*1H. The summed E-state index contributed by atoms with van der Waals surface area (Å²) in [6.07, 6.45) is 1.67. The molecule has 0 bridgehead atoms. The van der Waals surface area contributed by atoms with E-state index in [1.807, 2.05) is 36.4 Å². The number of furan rings is 1. The van der Waals surface area contributed by atoms with E-state index in [2.05, 4.69) is 15.1 Å². The Morgan fingerprint density at radius 2 is 1.79 bits per heavy atom. The minimum absolute atomic E-state index is 0. The maximum atomic E-state index is 9.10. The van der Waals surface area contributed by atoms with Gasteiger partial charge in [-0.3, -0.25) is 4.90 Å². The maximum Gasteiger partial charge on any atom is 0.227 e. The SMILES string of the molecule is Cl.Cl.OCCN1CCN(c2nc(NCc3ccco3)c3ccccc3n2)CC1. The molecule has 2 aromatic heterocycles. The monoisotopic (exact) mass is 425 g/mol. The zero-order chi connectivity index (χ0) is 17.8. The summed E-state index contributed by atoms with van der Waals surface area (Å²) in [6, 6.07) is 11.9. The average Bonchev–Trinajstić information content (AvgIpc) is 3.20. The van der Waals surface area contributed by atoms with E-state index in [9.17, 15) is 0 Å². The van der Waals surface area contributed by atoms with Crippen molar-refractivity contribution in [1.29, 1.82) is 0 Å². The number of hydrogen-bond donors (Lipinski definition) is 2. The fraction of sp³-hybridized carbons (Fsp3) is 0.368. The molecule has 1 fully saturated rings. The number of hydrogen-bond acceptors (Lipinski definition) is 7. The molecule has 1 aromatic carbocycles. The smallest absolute Gasteiger partial charge is 0.227 e. The van der Waals surface area contributed by atoms with E-state index < -0.39 is 0 Å². The van der Waals surface area contributed by atoms with Crippen LogP contribution in [0.25, 0.3) is 10.9 Å². The fourth-order valence-corrected chi connectivity index (χ4v) is 3.24. The molecule has 0 amide bonds. The molecule has 3 heterocycles. The molecule has 1 aliphatic rings. The van der Waals surface area contributed by atoms with Crippen molar-refractivity contribution in [2.24, 2.45) is 0 Å². The molecule has 0 saturated carbocycles. The predicted molar refractivity (Wildman–Crippen MR) is 116 cm³/mol. The van der Waals surface area contributed by atoms with Crippen molar-refractivity contribution in [2.45, 2.75) is 6.54 Å². The normalized spacial score (nSPS) is 14.4. The summed E-state index contributed by atoms with van der Waals surface area (Å²) in [5.41, 5.74) is 0.928. The van der Waals surface area contributed by atoms with Crippen molar-refractivity contribution >= 4 is 47.5 Å². The van der Waals surface area contributed by atoms with Crippen LogP contribution in [0.15, 0.2) is 47.1 Å². The molecule has 0 unspecified atom stereocenters. The molecule has 9 heteroatoms. The number of piperazine rings is 1. The fourth-order valence-electron chi connectivity index (χ4n) is 3.24. The van der Waals surface area contributed by atoms with Crippen LogP contribution in [0, 0.1) is 0 Å².